The Hall–Kier alpha value is -3.22. The number of carboxylic acid groups (broad SMARTS) is 1. The summed E-state index contributed by atoms with van der Waals surface area (Å²) in [6, 6.07) is 9.40. The van der Waals surface area contributed by atoms with Crippen LogP contribution in [0.15, 0.2) is 36.4 Å². The molecule has 7 nitrogen and oxygen atoms in total. The lowest BCUT2D eigenvalue weighted by molar-refractivity contribution is 0.0684. The third-order valence-electron chi connectivity index (χ3n) is 4.99. The van der Waals surface area contributed by atoms with Crippen LogP contribution in [0.3, 0.4) is 0 Å². The van der Waals surface area contributed by atoms with Crippen LogP contribution in [0.4, 0.5) is 5.69 Å². The Morgan fingerprint density at radius 3 is 2.43 bits per heavy atom. The van der Waals surface area contributed by atoms with Crippen LogP contribution < -0.4 is 5.32 Å². The van der Waals surface area contributed by atoms with Gasteiger partial charge in [0.1, 0.15) is 11.4 Å². The second-order valence-corrected chi connectivity index (χ2v) is 7.17. The summed E-state index contributed by atoms with van der Waals surface area (Å²) in [5.41, 5.74) is 1.72. The number of carbonyl (C=O) groups is 3. The summed E-state index contributed by atoms with van der Waals surface area (Å²) >= 11 is 0. The number of aryl methyl sites for hydroxylation is 1. The van der Waals surface area contributed by atoms with Crippen LogP contribution in [0.2, 0.25) is 0 Å². The molecule has 2 heterocycles. The van der Waals surface area contributed by atoms with Gasteiger partial charge in [-0.3, -0.25) is 9.59 Å². The first-order valence-corrected chi connectivity index (χ1v) is 9.27. The molecule has 0 spiro atoms. The Morgan fingerprint density at radius 2 is 1.79 bits per heavy atom. The summed E-state index contributed by atoms with van der Waals surface area (Å²) in [7, 11) is 0. The van der Waals surface area contributed by atoms with Crippen LogP contribution in [0.1, 0.15) is 56.7 Å². The number of carbonyl (C=O) groups excluding carboxylic acids is 2. The van der Waals surface area contributed by atoms with Crippen molar-refractivity contribution in [2.45, 2.75) is 26.7 Å². The van der Waals surface area contributed by atoms with E-state index in [0.717, 1.165) is 31.5 Å². The molecule has 2 amide bonds. The number of anilines is 1. The van der Waals surface area contributed by atoms with Crippen molar-refractivity contribution in [2.75, 3.05) is 18.4 Å². The van der Waals surface area contributed by atoms with E-state index in [1.807, 2.05) is 11.8 Å². The number of nitrogens with zero attached hydrogens (tertiary/aromatic N) is 2. The van der Waals surface area contributed by atoms with Crippen LogP contribution in [0.25, 0.3) is 0 Å². The van der Waals surface area contributed by atoms with E-state index in [1.54, 1.807) is 18.2 Å². The van der Waals surface area contributed by atoms with E-state index in [1.165, 1.54) is 18.2 Å². The zero-order chi connectivity index (χ0) is 20.3. The highest BCUT2D eigenvalue weighted by atomic mass is 16.4. The minimum absolute atomic E-state index is 0.00343. The quantitative estimate of drug-likeness (QED) is 0.847. The maximum Gasteiger partial charge on any atom is 0.354 e. The Bertz CT molecular complexity index is 918. The van der Waals surface area contributed by atoms with Gasteiger partial charge in [-0.25, -0.2) is 9.78 Å². The molecule has 1 saturated heterocycles. The fourth-order valence-electron chi connectivity index (χ4n) is 3.20. The zero-order valence-corrected chi connectivity index (χ0v) is 15.9. The topological polar surface area (TPSA) is 99.6 Å². The molecule has 2 N–H and O–H groups in total. The summed E-state index contributed by atoms with van der Waals surface area (Å²) < 4.78 is 0. The van der Waals surface area contributed by atoms with Gasteiger partial charge in [0.2, 0.25) is 0 Å². The monoisotopic (exact) mass is 381 g/mol. The normalized spacial score (nSPS) is 14.6. The fourth-order valence-corrected chi connectivity index (χ4v) is 3.20. The van der Waals surface area contributed by atoms with E-state index in [4.69, 9.17) is 5.11 Å². The molecule has 0 saturated carbocycles. The number of amides is 2. The molecule has 0 atom stereocenters. The number of pyridine rings is 1. The van der Waals surface area contributed by atoms with Gasteiger partial charge in [-0.05, 0) is 61.6 Å². The van der Waals surface area contributed by atoms with Gasteiger partial charge in [-0.15, -0.1) is 0 Å². The van der Waals surface area contributed by atoms with Crippen molar-refractivity contribution in [2.24, 2.45) is 5.92 Å². The van der Waals surface area contributed by atoms with Crippen LogP contribution >= 0.6 is 0 Å². The van der Waals surface area contributed by atoms with Crippen LogP contribution in [0.5, 0.6) is 0 Å². The number of hydrogen-bond donors (Lipinski definition) is 2. The maximum atomic E-state index is 12.7. The van der Waals surface area contributed by atoms with Gasteiger partial charge in [0, 0.05) is 24.3 Å². The number of aromatic nitrogens is 1. The van der Waals surface area contributed by atoms with Gasteiger partial charge in [0.15, 0.2) is 0 Å². The second-order valence-electron chi connectivity index (χ2n) is 7.17. The molecule has 0 aliphatic carbocycles. The molecule has 2 aromatic rings. The SMILES string of the molecule is Cc1cc(C(=O)N2CCC(C)CC2)ccc1NC(=O)c1cccc(C(=O)O)n1. The lowest BCUT2D eigenvalue weighted by Gasteiger charge is -2.30. The van der Waals surface area contributed by atoms with Gasteiger partial charge in [0.25, 0.3) is 11.8 Å². The van der Waals surface area contributed by atoms with E-state index in [0.29, 0.717) is 17.2 Å². The van der Waals surface area contributed by atoms with E-state index in [9.17, 15) is 14.4 Å². The minimum Gasteiger partial charge on any atom is -0.477 e. The predicted octanol–water partition coefficient (Wildman–Crippen LogP) is 3.21. The van der Waals surface area contributed by atoms with Crippen LogP contribution in [-0.2, 0) is 0 Å². The van der Waals surface area contributed by atoms with Crippen molar-refractivity contribution in [3.63, 3.8) is 0 Å². The number of likely N-dealkylation sites (tertiary alicyclic amines) is 1. The molecule has 28 heavy (non-hydrogen) atoms. The molecular formula is C21H23N3O4. The van der Waals surface area contributed by atoms with Gasteiger partial charge >= 0.3 is 5.97 Å². The van der Waals surface area contributed by atoms with E-state index >= 15 is 0 Å². The Kier molecular flexibility index (Phi) is 5.73. The highest BCUT2D eigenvalue weighted by molar-refractivity contribution is 6.04. The average molecular weight is 381 g/mol. The highest BCUT2D eigenvalue weighted by Crippen LogP contribution is 2.21. The number of aromatic carboxylic acids is 1. The standard InChI is InChI=1S/C21H23N3O4/c1-13-8-10-24(11-9-13)20(26)15-6-7-16(14(2)12-15)23-19(25)17-4-3-5-18(22-17)21(27)28/h3-7,12-13H,8-11H2,1-2H3,(H,23,25)(H,27,28). The molecule has 3 rings (SSSR count). The van der Waals surface area contributed by atoms with E-state index < -0.39 is 11.9 Å². The van der Waals surface area contributed by atoms with Crippen molar-refractivity contribution in [1.82, 2.24) is 9.88 Å². The molecule has 1 aromatic carbocycles. The average Bonchev–Trinajstić information content (AvgIpc) is 2.69. The number of rotatable bonds is 4. The van der Waals surface area contributed by atoms with Gasteiger partial charge in [0.05, 0.1) is 0 Å². The first kappa shape index (κ1) is 19.5. The first-order valence-electron chi connectivity index (χ1n) is 9.27. The molecule has 0 unspecified atom stereocenters. The largest absolute Gasteiger partial charge is 0.477 e. The van der Waals surface area contributed by atoms with Gasteiger partial charge in [-0.2, -0.15) is 0 Å². The molecule has 1 aromatic heterocycles. The molecule has 146 valence electrons. The zero-order valence-electron chi connectivity index (χ0n) is 15.9. The van der Waals surface area contributed by atoms with Crippen LogP contribution in [0, 0.1) is 12.8 Å². The number of piperidine rings is 1. The van der Waals surface area contributed by atoms with Crippen molar-refractivity contribution in [1.29, 1.82) is 0 Å². The number of carboxylic acids is 1. The predicted molar refractivity (Wildman–Crippen MR) is 105 cm³/mol. The third-order valence-corrected chi connectivity index (χ3v) is 4.99. The Morgan fingerprint density at radius 1 is 1.11 bits per heavy atom. The van der Waals surface area contributed by atoms with Gasteiger partial charge < -0.3 is 15.3 Å². The van der Waals surface area contributed by atoms with Crippen molar-refractivity contribution in [3.05, 3.63) is 58.9 Å². The maximum absolute atomic E-state index is 12.7. The summed E-state index contributed by atoms with van der Waals surface area (Å²) in [4.78, 5) is 41.8. The number of nitrogens with one attached hydrogen (secondary N) is 1. The minimum atomic E-state index is -1.19. The molecule has 0 radical (unpaired) electrons. The first-order chi connectivity index (χ1) is 13.3. The number of benzene rings is 1. The van der Waals surface area contributed by atoms with Crippen molar-refractivity contribution in [3.8, 4) is 0 Å². The summed E-state index contributed by atoms with van der Waals surface area (Å²) in [5.74, 6) is -1.04. The number of hydrogen-bond acceptors (Lipinski definition) is 4. The lowest BCUT2D eigenvalue weighted by atomic mass is 9.98. The highest BCUT2D eigenvalue weighted by Gasteiger charge is 2.22. The Labute approximate surface area is 163 Å². The third kappa shape index (κ3) is 4.36. The fraction of sp³-hybridized carbons (Fsp3) is 0.333. The molecular weight excluding hydrogens is 358 g/mol. The lowest BCUT2D eigenvalue weighted by Crippen LogP contribution is -2.37. The van der Waals surface area contributed by atoms with Crippen molar-refractivity contribution >= 4 is 23.5 Å². The summed E-state index contributed by atoms with van der Waals surface area (Å²) in [6.45, 7) is 5.54. The second kappa shape index (κ2) is 8.21. The molecule has 1 fully saturated rings. The van der Waals surface area contributed by atoms with Crippen molar-refractivity contribution < 1.29 is 19.5 Å². The molecule has 1 aliphatic rings. The molecule has 1 aliphatic heterocycles. The Balaban J connectivity index is 1.72. The van der Waals surface area contributed by atoms with E-state index in [2.05, 4.69) is 17.2 Å². The van der Waals surface area contributed by atoms with Crippen LogP contribution in [-0.4, -0.2) is 45.9 Å². The summed E-state index contributed by atoms with van der Waals surface area (Å²) in [5, 5.41) is 11.7. The molecule has 0 bridgehead atoms. The summed E-state index contributed by atoms with van der Waals surface area (Å²) in [6.07, 6.45) is 2.03. The van der Waals surface area contributed by atoms with Gasteiger partial charge in [-0.1, -0.05) is 13.0 Å². The molecule has 7 heteroatoms. The smallest absolute Gasteiger partial charge is 0.354 e. The van der Waals surface area contributed by atoms with E-state index in [-0.39, 0.29) is 17.3 Å².